The molecule has 68 valence electrons. The van der Waals surface area contributed by atoms with Crippen LogP contribution in [-0.2, 0) is 0 Å². The molecule has 0 bridgehead atoms. The molecule has 1 aromatic carbocycles. The van der Waals surface area contributed by atoms with Gasteiger partial charge in [0.1, 0.15) is 0 Å². The molecule has 1 atom stereocenters. The Morgan fingerprint density at radius 2 is 2.00 bits per heavy atom. The summed E-state index contributed by atoms with van der Waals surface area (Å²) in [6.45, 7) is 0. The minimum atomic E-state index is -0.0299. The highest BCUT2D eigenvalue weighted by Crippen LogP contribution is 2.05. The first kappa shape index (κ1) is 9.99. The van der Waals surface area contributed by atoms with Crippen LogP contribution in [0.2, 0.25) is 0 Å². The van der Waals surface area contributed by atoms with Crippen LogP contribution >= 0.6 is 15.9 Å². The van der Waals surface area contributed by atoms with Gasteiger partial charge in [-0.05, 0) is 5.56 Å². The summed E-state index contributed by atoms with van der Waals surface area (Å²) >= 11 is 3.30. The van der Waals surface area contributed by atoms with Crippen LogP contribution in [0.1, 0.15) is 5.56 Å². The topological polar surface area (TPSA) is 32.6 Å². The third-order valence-electron chi connectivity index (χ3n) is 1.48. The number of rotatable bonds is 3. The maximum absolute atomic E-state index is 8.24. The third-order valence-corrected chi connectivity index (χ3v) is 2.02. The Morgan fingerprint density at radius 1 is 1.31 bits per heavy atom. The molecule has 1 N–H and O–H groups in total. The van der Waals surface area contributed by atoms with E-state index in [9.17, 15) is 0 Å². The van der Waals surface area contributed by atoms with Crippen molar-refractivity contribution in [3.8, 4) is 0 Å². The normalized spacial score (nSPS) is 13.9. The van der Waals surface area contributed by atoms with Gasteiger partial charge < -0.3 is 5.21 Å². The molecule has 2 nitrogen and oxygen atoms in total. The number of hydrogen-bond donors (Lipinski definition) is 1. The zero-order valence-electron chi connectivity index (χ0n) is 6.97. The summed E-state index contributed by atoms with van der Waals surface area (Å²) in [4.78, 5) is -0.0299. The average Bonchev–Trinajstić information content (AvgIpc) is 2.17. The van der Waals surface area contributed by atoms with Gasteiger partial charge in [-0.3, -0.25) is 0 Å². The lowest BCUT2D eigenvalue weighted by Crippen LogP contribution is -1.92. The van der Waals surface area contributed by atoms with Crippen LogP contribution in [0.3, 0.4) is 0 Å². The van der Waals surface area contributed by atoms with Gasteiger partial charge in [-0.1, -0.05) is 58.4 Å². The van der Waals surface area contributed by atoms with Crippen molar-refractivity contribution < 1.29 is 5.21 Å². The summed E-state index contributed by atoms with van der Waals surface area (Å²) in [5.74, 6) is 0. The molecule has 3 heteroatoms. The van der Waals surface area contributed by atoms with Gasteiger partial charge in [0.05, 0.1) is 11.0 Å². The molecule has 0 amide bonds. The van der Waals surface area contributed by atoms with Crippen LogP contribution in [0.5, 0.6) is 0 Å². The molecule has 13 heavy (non-hydrogen) atoms. The van der Waals surface area contributed by atoms with Crippen LogP contribution in [-0.4, -0.2) is 16.2 Å². The highest BCUT2D eigenvalue weighted by Gasteiger charge is 1.92. The van der Waals surface area contributed by atoms with E-state index in [0.717, 1.165) is 5.56 Å². The Balaban J connectivity index is 2.59. The van der Waals surface area contributed by atoms with Gasteiger partial charge in [0.2, 0.25) is 0 Å². The Kier molecular flexibility index (Phi) is 4.26. The predicted molar refractivity (Wildman–Crippen MR) is 58.5 cm³/mol. The fraction of sp³-hybridized carbons (Fsp3) is 0.100. The highest BCUT2D eigenvalue weighted by molar-refractivity contribution is 9.10. The summed E-state index contributed by atoms with van der Waals surface area (Å²) in [6.07, 6.45) is 5.26. The van der Waals surface area contributed by atoms with Gasteiger partial charge in [0.15, 0.2) is 0 Å². The fourth-order valence-electron chi connectivity index (χ4n) is 0.881. The van der Waals surface area contributed by atoms with Crippen molar-refractivity contribution in [1.29, 1.82) is 0 Å². The van der Waals surface area contributed by atoms with Crippen molar-refractivity contribution in [1.82, 2.24) is 0 Å². The summed E-state index contributed by atoms with van der Waals surface area (Å²) in [7, 11) is 0. The van der Waals surface area contributed by atoms with Gasteiger partial charge in [-0.25, -0.2) is 0 Å². The van der Waals surface area contributed by atoms with Crippen LogP contribution in [0.25, 0.3) is 6.08 Å². The first-order valence-corrected chi connectivity index (χ1v) is 4.79. The molecule has 1 unspecified atom stereocenters. The second kappa shape index (κ2) is 5.54. The first-order chi connectivity index (χ1) is 6.33. The van der Waals surface area contributed by atoms with Crippen LogP contribution in [0.15, 0.2) is 41.6 Å². The number of allylic oxidation sites excluding steroid dienone is 1. The molecule has 0 aliphatic heterocycles. The summed E-state index contributed by atoms with van der Waals surface area (Å²) in [5, 5.41) is 11.2. The fourth-order valence-corrected chi connectivity index (χ4v) is 1.14. The molecular weight excluding hydrogens is 230 g/mol. The highest BCUT2D eigenvalue weighted by atomic mass is 79.9. The van der Waals surface area contributed by atoms with Crippen LogP contribution in [0, 0.1) is 0 Å². The maximum atomic E-state index is 8.24. The average molecular weight is 240 g/mol. The Morgan fingerprint density at radius 3 is 2.62 bits per heavy atom. The minimum absolute atomic E-state index is 0.0299. The summed E-state index contributed by atoms with van der Waals surface area (Å²) < 4.78 is 0. The standard InChI is InChI=1S/C10H10BrNO/c11-10(8-12-13)7-6-9-4-2-1-3-5-9/h1-8,10,13H/b7-6+,12-8?. The molecule has 0 aliphatic carbocycles. The third kappa shape index (κ3) is 3.90. The lowest BCUT2D eigenvalue weighted by atomic mass is 10.2. The molecule has 0 heterocycles. The van der Waals surface area contributed by atoms with Gasteiger partial charge in [-0.15, -0.1) is 5.16 Å². The van der Waals surface area contributed by atoms with Crippen molar-refractivity contribution in [3.05, 3.63) is 42.0 Å². The molecule has 0 aromatic heterocycles. The summed E-state index contributed by atoms with van der Waals surface area (Å²) in [5.41, 5.74) is 1.12. The number of halogens is 1. The van der Waals surface area contributed by atoms with E-state index in [4.69, 9.17) is 5.21 Å². The molecule has 1 rings (SSSR count). The molecule has 0 spiro atoms. The summed E-state index contributed by atoms with van der Waals surface area (Å²) in [6, 6.07) is 9.93. The van der Waals surface area contributed by atoms with Gasteiger partial charge >= 0.3 is 0 Å². The van der Waals surface area contributed by atoms with Crippen molar-refractivity contribution >= 4 is 28.2 Å². The Labute approximate surface area is 85.7 Å². The van der Waals surface area contributed by atoms with E-state index in [1.165, 1.54) is 6.21 Å². The molecule has 0 fully saturated rings. The molecule has 0 saturated heterocycles. The van der Waals surface area contributed by atoms with E-state index in [1.54, 1.807) is 0 Å². The molecular formula is C10H10BrNO. The monoisotopic (exact) mass is 239 g/mol. The number of hydrogen-bond acceptors (Lipinski definition) is 2. The van der Waals surface area contributed by atoms with Crippen molar-refractivity contribution in [2.45, 2.75) is 4.83 Å². The molecule has 0 radical (unpaired) electrons. The number of alkyl halides is 1. The second-order valence-electron chi connectivity index (χ2n) is 2.48. The quantitative estimate of drug-likeness (QED) is 0.374. The van der Waals surface area contributed by atoms with E-state index in [-0.39, 0.29) is 4.83 Å². The van der Waals surface area contributed by atoms with Crippen molar-refractivity contribution in [3.63, 3.8) is 0 Å². The molecule has 0 aliphatic rings. The number of benzene rings is 1. The van der Waals surface area contributed by atoms with Crippen molar-refractivity contribution in [2.24, 2.45) is 5.16 Å². The Bertz CT molecular complexity index is 295. The van der Waals surface area contributed by atoms with Gasteiger partial charge in [0.25, 0.3) is 0 Å². The Hall–Kier alpha value is -1.09. The predicted octanol–water partition coefficient (Wildman–Crippen LogP) is 2.92. The molecule has 0 saturated carbocycles. The van der Waals surface area contributed by atoms with E-state index >= 15 is 0 Å². The maximum Gasteiger partial charge on any atom is 0.0714 e. The zero-order chi connectivity index (χ0) is 9.52. The zero-order valence-corrected chi connectivity index (χ0v) is 8.55. The number of oxime groups is 1. The van der Waals surface area contributed by atoms with E-state index in [1.807, 2.05) is 42.5 Å². The minimum Gasteiger partial charge on any atom is -0.411 e. The van der Waals surface area contributed by atoms with Gasteiger partial charge in [-0.2, -0.15) is 0 Å². The van der Waals surface area contributed by atoms with Crippen molar-refractivity contribution in [2.75, 3.05) is 0 Å². The van der Waals surface area contributed by atoms with Crippen LogP contribution in [0.4, 0.5) is 0 Å². The van der Waals surface area contributed by atoms with E-state index in [2.05, 4.69) is 21.1 Å². The SMILES string of the molecule is ON=CC(Br)/C=C/c1ccccc1. The lowest BCUT2D eigenvalue weighted by Gasteiger charge is -1.93. The van der Waals surface area contributed by atoms with E-state index < -0.39 is 0 Å². The lowest BCUT2D eigenvalue weighted by molar-refractivity contribution is 0.321. The largest absolute Gasteiger partial charge is 0.411 e. The smallest absolute Gasteiger partial charge is 0.0714 e. The van der Waals surface area contributed by atoms with E-state index in [0.29, 0.717) is 0 Å². The van der Waals surface area contributed by atoms with Crippen LogP contribution < -0.4 is 0 Å². The number of nitrogens with zero attached hydrogens (tertiary/aromatic N) is 1. The molecule has 1 aromatic rings. The first-order valence-electron chi connectivity index (χ1n) is 3.88. The second-order valence-corrected chi connectivity index (χ2v) is 3.54. The van der Waals surface area contributed by atoms with Gasteiger partial charge in [0, 0.05) is 0 Å².